The number of hydrogen-bond acceptors (Lipinski definition) is 3. The van der Waals surface area contributed by atoms with Crippen molar-refractivity contribution in [2.24, 2.45) is 0 Å². The van der Waals surface area contributed by atoms with E-state index >= 15 is 0 Å². The normalized spacial score (nSPS) is 12.6. The van der Waals surface area contributed by atoms with Crippen LogP contribution in [0.3, 0.4) is 0 Å². The maximum Gasteiger partial charge on any atom is 0.285 e. The molecule has 0 spiro atoms. The van der Waals surface area contributed by atoms with Gasteiger partial charge in [-0.1, -0.05) is 30.3 Å². The summed E-state index contributed by atoms with van der Waals surface area (Å²) in [7, 11) is -3.21. The molecule has 0 aliphatic heterocycles. The van der Waals surface area contributed by atoms with Crippen LogP contribution in [0, 0.1) is 0 Å². The predicted molar refractivity (Wildman–Crippen MR) is 70.7 cm³/mol. The third kappa shape index (κ3) is 6.60. The van der Waals surface area contributed by atoms with Gasteiger partial charge in [-0.15, -0.1) is 0 Å². The van der Waals surface area contributed by atoms with E-state index in [9.17, 15) is 17.2 Å². The van der Waals surface area contributed by atoms with Crippen molar-refractivity contribution in [3.8, 4) is 0 Å². The molecule has 0 fully saturated rings. The first-order valence-electron chi connectivity index (χ1n) is 5.90. The summed E-state index contributed by atoms with van der Waals surface area (Å²) >= 11 is 0. The smallest absolute Gasteiger partial charge is 0.285 e. The van der Waals surface area contributed by atoms with Crippen LogP contribution >= 0.6 is 0 Å². The van der Waals surface area contributed by atoms with Crippen LogP contribution in [0.1, 0.15) is 12.0 Å². The minimum absolute atomic E-state index is 0.0308. The third-order valence-electron chi connectivity index (χ3n) is 2.44. The highest BCUT2D eigenvalue weighted by molar-refractivity contribution is 7.88. The van der Waals surface area contributed by atoms with Gasteiger partial charge in [-0.2, -0.15) is 8.78 Å². The van der Waals surface area contributed by atoms with Gasteiger partial charge in [-0.3, -0.25) is 0 Å². The van der Waals surface area contributed by atoms with E-state index in [2.05, 4.69) is 10.0 Å². The Hall–Kier alpha value is -1.05. The minimum atomic E-state index is -3.21. The van der Waals surface area contributed by atoms with Gasteiger partial charge in [0.1, 0.15) is 0 Å². The van der Waals surface area contributed by atoms with Crippen molar-refractivity contribution in [2.45, 2.75) is 12.3 Å². The molecule has 19 heavy (non-hydrogen) atoms. The van der Waals surface area contributed by atoms with Crippen molar-refractivity contribution in [3.05, 3.63) is 35.9 Å². The molecule has 7 heteroatoms. The molecule has 1 aromatic carbocycles. The minimum Gasteiger partial charge on any atom is -0.311 e. The molecule has 0 aliphatic carbocycles. The van der Waals surface area contributed by atoms with Gasteiger partial charge in [-0.05, 0) is 13.0 Å². The molecular weight excluding hydrogens is 274 g/mol. The van der Waals surface area contributed by atoms with Gasteiger partial charge in [0.25, 0.3) is 5.92 Å². The molecule has 0 unspecified atom stereocenters. The molecule has 0 bridgehead atoms. The Labute approximate surface area is 112 Å². The van der Waals surface area contributed by atoms with Gasteiger partial charge in [0.15, 0.2) is 0 Å². The van der Waals surface area contributed by atoms with Crippen molar-refractivity contribution in [1.29, 1.82) is 0 Å². The summed E-state index contributed by atoms with van der Waals surface area (Å²) in [6.07, 6.45) is 1.52. The quantitative estimate of drug-likeness (QED) is 0.710. The van der Waals surface area contributed by atoms with E-state index in [-0.39, 0.29) is 12.1 Å². The molecule has 108 valence electrons. The van der Waals surface area contributed by atoms with E-state index < -0.39 is 22.5 Å². The first kappa shape index (κ1) is 16.0. The van der Waals surface area contributed by atoms with E-state index in [1.165, 1.54) is 12.1 Å². The average molecular weight is 292 g/mol. The number of halogens is 2. The second kappa shape index (κ2) is 6.93. The summed E-state index contributed by atoms with van der Waals surface area (Å²) in [5.74, 6) is -2.93. The fourth-order valence-electron chi connectivity index (χ4n) is 1.50. The first-order chi connectivity index (χ1) is 8.81. The first-order valence-corrected chi connectivity index (χ1v) is 7.79. The molecule has 0 saturated heterocycles. The number of hydrogen-bond donors (Lipinski definition) is 2. The average Bonchev–Trinajstić information content (AvgIpc) is 2.33. The monoisotopic (exact) mass is 292 g/mol. The fraction of sp³-hybridized carbons (Fsp3) is 0.500. The Morgan fingerprint density at radius 1 is 1.16 bits per heavy atom. The lowest BCUT2D eigenvalue weighted by molar-refractivity contribution is -0.00296. The van der Waals surface area contributed by atoms with Gasteiger partial charge in [0, 0.05) is 12.1 Å². The molecule has 1 aromatic rings. The van der Waals surface area contributed by atoms with Crippen LogP contribution in [0.25, 0.3) is 0 Å². The van der Waals surface area contributed by atoms with Crippen molar-refractivity contribution in [3.63, 3.8) is 0 Å². The summed E-state index contributed by atoms with van der Waals surface area (Å²) < 4.78 is 51.2. The zero-order valence-electron chi connectivity index (χ0n) is 10.7. The molecule has 0 atom stereocenters. The molecule has 0 aliphatic rings. The maximum absolute atomic E-state index is 13.7. The zero-order valence-corrected chi connectivity index (χ0v) is 11.5. The molecular formula is C12H18F2N2O2S. The van der Waals surface area contributed by atoms with Crippen LogP contribution in [0.5, 0.6) is 0 Å². The highest BCUT2D eigenvalue weighted by Crippen LogP contribution is 2.26. The number of nitrogens with one attached hydrogen (secondary N) is 2. The maximum atomic E-state index is 13.7. The Balaban J connectivity index is 2.26. The Morgan fingerprint density at radius 3 is 2.37 bits per heavy atom. The summed E-state index contributed by atoms with van der Waals surface area (Å²) in [4.78, 5) is 0. The highest BCUT2D eigenvalue weighted by atomic mass is 32.2. The second-order valence-corrected chi connectivity index (χ2v) is 6.10. The summed E-state index contributed by atoms with van der Waals surface area (Å²) in [5, 5.41) is 2.63. The van der Waals surface area contributed by atoms with Crippen LogP contribution in [-0.2, 0) is 15.9 Å². The number of benzene rings is 1. The number of sulfonamides is 1. The van der Waals surface area contributed by atoms with Crippen LogP contribution in [-0.4, -0.2) is 34.3 Å². The molecule has 0 aromatic heterocycles. The fourth-order valence-corrected chi connectivity index (χ4v) is 2.02. The van der Waals surface area contributed by atoms with Gasteiger partial charge in [0.2, 0.25) is 10.0 Å². The Bertz CT molecular complexity index is 478. The van der Waals surface area contributed by atoms with Crippen LogP contribution in [0.15, 0.2) is 30.3 Å². The molecule has 0 saturated carbocycles. The van der Waals surface area contributed by atoms with E-state index in [0.717, 1.165) is 6.26 Å². The topological polar surface area (TPSA) is 58.2 Å². The SMILES string of the molecule is CS(=O)(=O)NCCCNCC(F)(F)c1ccccc1. The highest BCUT2D eigenvalue weighted by Gasteiger charge is 2.30. The van der Waals surface area contributed by atoms with Crippen LogP contribution in [0.2, 0.25) is 0 Å². The van der Waals surface area contributed by atoms with Crippen molar-refractivity contribution in [1.82, 2.24) is 10.0 Å². The standard InChI is InChI=1S/C12H18F2N2O2S/c1-19(17,18)16-9-5-8-15-10-12(13,14)11-6-3-2-4-7-11/h2-4,6-7,15-16H,5,8-10H2,1H3. The second-order valence-electron chi connectivity index (χ2n) is 4.27. The number of alkyl halides is 2. The molecule has 4 nitrogen and oxygen atoms in total. The molecule has 2 N–H and O–H groups in total. The third-order valence-corrected chi connectivity index (χ3v) is 3.17. The van der Waals surface area contributed by atoms with Crippen LogP contribution in [0.4, 0.5) is 8.78 Å². The van der Waals surface area contributed by atoms with Gasteiger partial charge >= 0.3 is 0 Å². The lowest BCUT2D eigenvalue weighted by Crippen LogP contribution is -2.33. The summed E-state index contributed by atoms with van der Waals surface area (Å²) in [5.41, 5.74) is -0.0308. The molecule has 0 heterocycles. The van der Waals surface area contributed by atoms with Crippen molar-refractivity contribution < 1.29 is 17.2 Å². The molecule has 1 rings (SSSR count). The van der Waals surface area contributed by atoms with Crippen molar-refractivity contribution >= 4 is 10.0 Å². The lowest BCUT2D eigenvalue weighted by atomic mass is 10.1. The van der Waals surface area contributed by atoms with E-state index in [1.807, 2.05) is 0 Å². The largest absolute Gasteiger partial charge is 0.311 e. The van der Waals surface area contributed by atoms with Gasteiger partial charge in [0.05, 0.1) is 12.8 Å². The zero-order chi connectivity index (χ0) is 14.4. The van der Waals surface area contributed by atoms with Gasteiger partial charge in [-0.25, -0.2) is 13.1 Å². The molecule has 0 amide bonds. The van der Waals surface area contributed by atoms with Crippen molar-refractivity contribution in [2.75, 3.05) is 25.9 Å². The van der Waals surface area contributed by atoms with Gasteiger partial charge < -0.3 is 5.32 Å². The van der Waals surface area contributed by atoms with E-state index in [0.29, 0.717) is 13.0 Å². The van der Waals surface area contributed by atoms with E-state index in [1.54, 1.807) is 18.2 Å². The van der Waals surface area contributed by atoms with Crippen LogP contribution < -0.4 is 10.0 Å². The predicted octanol–water partition coefficient (Wildman–Crippen LogP) is 1.31. The summed E-state index contributed by atoms with van der Waals surface area (Å²) in [6, 6.07) is 7.59. The van der Waals surface area contributed by atoms with E-state index in [4.69, 9.17) is 0 Å². The Morgan fingerprint density at radius 2 is 1.79 bits per heavy atom. The summed E-state index contributed by atoms with van der Waals surface area (Å²) in [6.45, 7) is 0.101. The molecule has 0 radical (unpaired) electrons. The number of rotatable bonds is 8. The Kier molecular flexibility index (Phi) is 5.84. The lowest BCUT2D eigenvalue weighted by Gasteiger charge is -2.17.